The quantitative estimate of drug-likeness (QED) is 0.0667. The zero-order valence-corrected chi connectivity index (χ0v) is 34.0. The summed E-state index contributed by atoms with van der Waals surface area (Å²) in [5, 5.41) is 2.19. The molecule has 2 heterocycles. The minimum absolute atomic E-state index is 0.0817. The number of likely N-dealkylation sites (N-methyl/N-ethyl adjacent to an activating group) is 1. The molecule has 6 rings (SSSR count). The Morgan fingerprint density at radius 1 is 0.857 bits per heavy atom. The number of piperazine rings is 1. The van der Waals surface area contributed by atoms with Crippen LogP contribution in [-0.2, 0) is 6.42 Å². The average Bonchev–Trinajstić information content (AvgIpc) is 3.22. The standard InChI is InChI=1S/C47H59N5O4/c1-6-8-20-37-34-36-19-12-13-21-38(36)47(49-37)56-33-31-52(3,4)42(7-2)39-24-25-40(46(48)53)45(44(39)35-17-10-9-11-18-35)55-32-16-26-50-27-29-51(30-28-50)41-22-14-15-23-43(41)54-5/h9-15,17-19,21-25,34,42H,6-8,16,20,26-33H2,1-5H3,(H-,48,53)/p+1/t42-/m0/s1. The van der Waals surface area contributed by atoms with E-state index in [1.165, 1.54) is 0 Å². The third kappa shape index (κ3) is 9.63. The van der Waals surface area contributed by atoms with Crippen LogP contribution in [0, 0.1) is 0 Å². The summed E-state index contributed by atoms with van der Waals surface area (Å²) < 4.78 is 19.5. The maximum absolute atomic E-state index is 13.0. The van der Waals surface area contributed by atoms with Crippen LogP contribution >= 0.6 is 0 Å². The fourth-order valence-electron chi connectivity index (χ4n) is 8.13. The number of quaternary nitrogens is 1. The molecule has 9 heteroatoms. The van der Waals surface area contributed by atoms with Gasteiger partial charge in [-0.25, -0.2) is 4.98 Å². The number of ether oxygens (including phenoxy) is 3. The third-order valence-electron chi connectivity index (χ3n) is 11.2. The Labute approximate surface area is 333 Å². The molecule has 0 saturated carbocycles. The van der Waals surface area contributed by atoms with Crippen molar-refractivity contribution in [2.75, 3.05) is 78.6 Å². The molecule has 0 unspecified atom stereocenters. The molecule has 1 aliphatic rings. The number of carbonyl (C=O) groups excluding carboxylic acids is 1. The van der Waals surface area contributed by atoms with Crippen LogP contribution in [0.2, 0.25) is 0 Å². The number of fused-ring (bicyclic) bond motifs is 1. The Morgan fingerprint density at radius 3 is 2.32 bits per heavy atom. The smallest absolute Gasteiger partial charge is 0.252 e. The van der Waals surface area contributed by atoms with Crippen molar-refractivity contribution in [3.05, 3.63) is 114 Å². The summed E-state index contributed by atoms with van der Waals surface area (Å²) in [4.78, 5) is 22.8. The largest absolute Gasteiger partial charge is 0.495 e. The number of anilines is 1. The Balaban J connectivity index is 1.18. The summed E-state index contributed by atoms with van der Waals surface area (Å²) in [6, 6.07) is 33.0. The highest BCUT2D eigenvalue weighted by molar-refractivity contribution is 5.99. The average molecular weight is 759 g/mol. The number of benzene rings is 4. The maximum Gasteiger partial charge on any atom is 0.252 e. The lowest BCUT2D eigenvalue weighted by Crippen LogP contribution is -2.46. The van der Waals surface area contributed by atoms with E-state index in [0.29, 0.717) is 34.9 Å². The number of unbranched alkanes of at least 4 members (excludes halogenated alkanes) is 1. The minimum Gasteiger partial charge on any atom is -0.495 e. The van der Waals surface area contributed by atoms with E-state index in [0.717, 1.165) is 116 Å². The van der Waals surface area contributed by atoms with Crippen molar-refractivity contribution in [3.8, 4) is 28.5 Å². The van der Waals surface area contributed by atoms with Gasteiger partial charge in [0, 0.05) is 61.4 Å². The first-order valence-electron chi connectivity index (χ1n) is 20.3. The number of nitrogens with two attached hydrogens (primary N) is 1. The molecule has 0 spiro atoms. The molecule has 2 N–H and O–H groups in total. The van der Waals surface area contributed by atoms with E-state index < -0.39 is 5.91 Å². The van der Waals surface area contributed by atoms with Gasteiger partial charge in [0.25, 0.3) is 5.91 Å². The molecule has 56 heavy (non-hydrogen) atoms. The lowest BCUT2D eigenvalue weighted by Gasteiger charge is -2.39. The van der Waals surface area contributed by atoms with E-state index in [4.69, 9.17) is 24.9 Å². The maximum atomic E-state index is 13.0. The molecule has 1 fully saturated rings. The number of aromatic nitrogens is 1. The Hall–Kier alpha value is -5.12. The van der Waals surface area contributed by atoms with Crippen molar-refractivity contribution in [2.24, 2.45) is 5.73 Å². The second-order valence-corrected chi connectivity index (χ2v) is 15.4. The first kappa shape index (κ1) is 40.5. The highest BCUT2D eigenvalue weighted by atomic mass is 16.5. The summed E-state index contributed by atoms with van der Waals surface area (Å²) in [7, 11) is 6.24. The number of amides is 1. The van der Waals surface area contributed by atoms with Gasteiger partial charge < -0.3 is 29.3 Å². The molecule has 0 aliphatic carbocycles. The van der Waals surface area contributed by atoms with E-state index >= 15 is 0 Å². The van der Waals surface area contributed by atoms with Crippen LogP contribution < -0.4 is 24.8 Å². The van der Waals surface area contributed by atoms with Crippen LogP contribution in [0.25, 0.3) is 21.9 Å². The number of carbonyl (C=O) groups is 1. The molecular formula is C47H60N5O4+. The summed E-state index contributed by atoms with van der Waals surface area (Å²) in [5.74, 6) is 1.68. The molecule has 0 bridgehead atoms. The van der Waals surface area contributed by atoms with Crippen LogP contribution in [0.15, 0.2) is 97.1 Å². The number of primary amides is 1. The number of rotatable bonds is 19. The minimum atomic E-state index is -0.493. The number of methoxy groups -OCH3 is 1. The summed E-state index contributed by atoms with van der Waals surface area (Å²) in [6.07, 6.45) is 4.85. The van der Waals surface area contributed by atoms with Gasteiger partial charge in [-0.15, -0.1) is 0 Å². The van der Waals surface area contributed by atoms with Crippen molar-refractivity contribution in [3.63, 3.8) is 0 Å². The lowest BCUT2D eigenvalue weighted by atomic mass is 9.89. The van der Waals surface area contributed by atoms with Gasteiger partial charge in [-0.05, 0) is 60.5 Å². The summed E-state index contributed by atoms with van der Waals surface area (Å²) in [6.45, 7) is 10.8. The van der Waals surface area contributed by atoms with Crippen LogP contribution in [-0.4, -0.2) is 94.0 Å². The number of hydrogen-bond acceptors (Lipinski definition) is 7. The van der Waals surface area contributed by atoms with Crippen LogP contribution in [0.1, 0.15) is 67.2 Å². The second-order valence-electron chi connectivity index (χ2n) is 15.4. The first-order chi connectivity index (χ1) is 27.2. The number of hydrogen-bond donors (Lipinski definition) is 1. The van der Waals surface area contributed by atoms with Crippen molar-refractivity contribution in [1.29, 1.82) is 0 Å². The molecule has 1 atom stereocenters. The van der Waals surface area contributed by atoms with E-state index in [1.807, 2.05) is 42.5 Å². The van der Waals surface area contributed by atoms with Gasteiger partial charge in [0.05, 0.1) is 39.1 Å². The number of pyridine rings is 1. The van der Waals surface area contributed by atoms with Crippen molar-refractivity contribution < 1.29 is 23.5 Å². The van der Waals surface area contributed by atoms with Gasteiger partial charge in [-0.2, -0.15) is 0 Å². The lowest BCUT2D eigenvalue weighted by molar-refractivity contribution is -0.921. The second kappa shape index (κ2) is 19.2. The van der Waals surface area contributed by atoms with Crippen molar-refractivity contribution >= 4 is 22.4 Å². The molecule has 1 saturated heterocycles. The zero-order chi connectivity index (χ0) is 39.5. The van der Waals surface area contributed by atoms with Gasteiger partial charge in [-0.1, -0.05) is 87.0 Å². The van der Waals surface area contributed by atoms with Crippen molar-refractivity contribution in [1.82, 2.24) is 9.88 Å². The predicted molar refractivity (Wildman–Crippen MR) is 228 cm³/mol. The number of para-hydroxylation sites is 2. The molecule has 5 aromatic rings. The van der Waals surface area contributed by atoms with Crippen molar-refractivity contribution in [2.45, 2.75) is 52.0 Å². The molecule has 9 nitrogen and oxygen atoms in total. The van der Waals surface area contributed by atoms with Gasteiger partial charge in [0.15, 0.2) is 0 Å². The van der Waals surface area contributed by atoms with Gasteiger partial charge in [0.1, 0.15) is 30.7 Å². The summed E-state index contributed by atoms with van der Waals surface area (Å²) >= 11 is 0. The molecule has 1 aliphatic heterocycles. The van der Waals surface area contributed by atoms with Gasteiger partial charge >= 0.3 is 0 Å². The molecular weight excluding hydrogens is 699 g/mol. The Morgan fingerprint density at radius 2 is 1.59 bits per heavy atom. The predicted octanol–water partition coefficient (Wildman–Crippen LogP) is 8.55. The van der Waals surface area contributed by atoms with Gasteiger partial charge in [-0.3, -0.25) is 9.69 Å². The topological polar surface area (TPSA) is 90.1 Å². The molecule has 0 radical (unpaired) electrons. The number of aryl methyl sites for hydroxylation is 1. The fourth-order valence-corrected chi connectivity index (χ4v) is 8.13. The highest BCUT2D eigenvalue weighted by Crippen LogP contribution is 2.43. The van der Waals surface area contributed by atoms with E-state index in [2.05, 4.69) is 92.3 Å². The van der Waals surface area contributed by atoms with E-state index in [1.54, 1.807) is 7.11 Å². The van der Waals surface area contributed by atoms with E-state index in [9.17, 15) is 4.79 Å². The summed E-state index contributed by atoms with van der Waals surface area (Å²) in [5.41, 5.74) is 11.7. The molecule has 4 aromatic carbocycles. The monoisotopic (exact) mass is 758 g/mol. The molecule has 1 amide bonds. The van der Waals surface area contributed by atoms with Crippen LogP contribution in [0.5, 0.6) is 17.4 Å². The SMILES string of the molecule is CCCCc1cc2ccccc2c(OCC[N+](C)(C)[C@@H](CC)c2ccc(C(N)=O)c(OCCCN3CCN(c4ccccc4OC)CC3)c2-c2ccccc2)n1. The molecule has 1 aromatic heterocycles. The first-order valence-corrected chi connectivity index (χ1v) is 20.3. The fraction of sp³-hybridized carbons (Fsp3) is 0.404. The Kier molecular flexibility index (Phi) is 13.9. The number of nitrogens with zero attached hydrogens (tertiary/aromatic N) is 4. The zero-order valence-electron chi connectivity index (χ0n) is 34.0. The normalized spacial score (nSPS) is 14.1. The van der Waals surface area contributed by atoms with Crippen LogP contribution in [0.4, 0.5) is 5.69 Å². The third-order valence-corrected chi connectivity index (χ3v) is 11.2. The van der Waals surface area contributed by atoms with Gasteiger partial charge in [0.2, 0.25) is 5.88 Å². The Bertz CT molecular complexity index is 2040. The highest BCUT2D eigenvalue weighted by Gasteiger charge is 2.33. The molecule has 296 valence electrons. The van der Waals surface area contributed by atoms with Crippen LogP contribution in [0.3, 0.4) is 0 Å². The van der Waals surface area contributed by atoms with E-state index in [-0.39, 0.29) is 6.04 Å².